The highest BCUT2D eigenvalue weighted by Crippen LogP contribution is 2.49. The summed E-state index contributed by atoms with van der Waals surface area (Å²) < 4.78 is 6.64. The van der Waals surface area contributed by atoms with Crippen LogP contribution in [0.3, 0.4) is 0 Å². The summed E-state index contributed by atoms with van der Waals surface area (Å²) in [7, 11) is 0. The zero-order valence-corrected chi connectivity index (χ0v) is 27.7. The highest BCUT2D eigenvalue weighted by atomic mass is 16.3. The molecule has 0 radical (unpaired) electrons. The van der Waals surface area contributed by atoms with E-state index in [0.29, 0.717) is 17.5 Å². The Kier molecular flexibility index (Phi) is 6.19. The van der Waals surface area contributed by atoms with Crippen molar-refractivity contribution in [2.45, 2.75) is 19.3 Å². The van der Waals surface area contributed by atoms with Gasteiger partial charge in [0.1, 0.15) is 11.2 Å². The lowest BCUT2D eigenvalue weighted by atomic mass is 9.82. The van der Waals surface area contributed by atoms with Gasteiger partial charge < -0.3 is 4.42 Å². The lowest BCUT2D eigenvalue weighted by Crippen LogP contribution is -2.15. The van der Waals surface area contributed by atoms with E-state index in [2.05, 4.69) is 129 Å². The van der Waals surface area contributed by atoms with E-state index in [1.807, 2.05) is 36.4 Å². The number of nitrogens with zero attached hydrogens (tertiary/aromatic N) is 3. The first-order chi connectivity index (χ1) is 24.5. The van der Waals surface area contributed by atoms with E-state index in [-0.39, 0.29) is 5.41 Å². The summed E-state index contributed by atoms with van der Waals surface area (Å²) in [6.45, 7) is 4.60. The van der Waals surface area contributed by atoms with Gasteiger partial charge in [-0.2, -0.15) is 0 Å². The number of rotatable bonds is 4. The molecule has 1 aliphatic rings. The normalized spacial score (nSPS) is 13.2. The van der Waals surface area contributed by atoms with Crippen LogP contribution in [0.4, 0.5) is 0 Å². The molecule has 0 spiro atoms. The topological polar surface area (TPSA) is 51.8 Å². The van der Waals surface area contributed by atoms with Gasteiger partial charge in [0.05, 0.1) is 0 Å². The van der Waals surface area contributed by atoms with Gasteiger partial charge in [-0.25, -0.2) is 15.0 Å². The van der Waals surface area contributed by atoms with Crippen LogP contribution in [0.2, 0.25) is 0 Å². The predicted molar refractivity (Wildman–Crippen MR) is 204 cm³/mol. The van der Waals surface area contributed by atoms with Crippen molar-refractivity contribution in [3.8, 4) is 56.4 Å². The van der Waals surface area contributed by atoms with E-state index in [1.165, 1.54) is 22.3 Å². The molecule has 50 heavy (non-hydrogen) atoms. The molecule has 0 saturated carbocycles. The van der Waals surface area contributed by atoms with Crippen LogP contribution < -0.4 is 0 Å². The van der Waals surface area contributed by atoms with Crippen LogP contribution in [0.15, 0.2) is 156 Å². The first kappa shape index (κ1) is 28.6. The highest BCUT2D eigenvalue weighted by molar-refractivity contribution is 6.22. The fraction of sp³-hybridized carbons (Fsp3) is 0.0652. The number of hydrogen-bond acceptors (Lipinski definition) is 4. The molecule has 7 aromatic carbocycles. The maximum atomic E-state index is 6.64. The zero-order chi connectivity index (χ0) is 33.4. The van der Waals surface area contributed by atoms with Crippen molar-refractivity contribution in [1.29, 1.82) is 0 Å². The molecule has 0 atom stereocenters. The molecule has 1 aliphatic carbocycles. The van der Waals surface area contributed by atoms with Gasteiger partial charge in [0.25, 0.3) is 0 Å². The number of aromatic nitrogens is 3. The van der Waals surface area contributed by atoms with Crippen molar-refractivity contribution >= 4 is 32.7 Å². The van der Waals surface area contributed by atoms with E-state index < -0.39 is 0 Å². The van der Waals surface area contributed by atoms with Crippen molar-refractivity contribution < 1.29 is 4.42 Å². The quantitative estimate of drug-likeness (QED) is 0.192. The molecule has 0 bridgehead atoms. The molecular formula is C46H31N3O. The van der Waals surface area contributed by atoms with E-state index in [9.17, 15) is 0 Å². The van der Waals surface area contributed by atoms with Gasteiger partial charge in [0, 0.05) is 38.3 Å². The third kappa shape index (κ3) is 4.28. The third-order valence-corrected chi connectivity index (χ3v) is 10.3. The Bertz CT molecular complexity index is 2780. The maximum absolute atomic E-state index is 6.64. The Morgan fingerprint density at radius 3 is 1.86 bits per heavy atom. The fourth-order valence-electron chi connectivity index (χ4n) is 7.87. The molecule has 10 rings (SSSR count). The molecule has 236 valence electrons. The second-order valence-electron chi connectivity index (χ2n) is 13.6. The summed E-state index contributed by atoms with van der Waals surface area (Å²) in [5, 5.41) is 4.17. The van der Waals surface area contributed by atoms with Gasteiger partial charge in [-0.3, -0.25) is 0 Å². The monoisotopic (exact) mass is 641 g/mol. The van der Waals surface area contributed by atoms with Crippen LogP contribution >= 0.6 is 0 Å². The van der Waals surface area contributed by atoms with Crippen LogP contribution in [0.5, 0.6) is 0 Å². The standard InChI is InChI=1S/C46H31N3O/c1-46(2)38-22-11-9-18-32(38)33-25-24-30(26-39(33)46)44-47-43(29-16-7-4-8-17-29)48-45(49-44)37-27-36-34-19-10-12-23-40(34)50-42(36)41-31(20-13-21-35(37)41)28-14-5-3-6-15-28/h3-27H,1-2H3. The summed E-state index contributed by atoms with van der Waals surface area (Å²) >= 11 is 0. The van der Waals surface area contributed by atoms with Crippen molar-refractivity contribution in [3.05, 3.63) is 163 Å². The summed E-state index contributed by atoms with van der Waals surface area (Å²) in [5.74, 6) is 1.91. The van der Waals surface area contributed by atoms with E-state index >= 15 is 0 Å². The smallest absolute Gasteiger partial charge is 0.164 e. The Hall–Kier alpha value is -6.39. The highest BCUT2D eigenvalue weighted by Gasteiger charge is 2.35. The van der Waals surface area contributed by atoms with Crippen LogP contribution in [0, 0.1) is 0 Å². The van der Waals surface area contributed by atoms with Gasteiger partial charge in [-0.15, -0.1) is 0 Å². The van der Waals surface area contributed by atoms with Gasteiger partial charge >= 0.3 is 0 Å². The number of furan rings is 1. The van der Waals surface area contributed by atoms with Gasteiger partial charge in [0.2, 0.25) is 0 Å². The molecule has 2 aromatic heterocycles. The molecule has 0 saturated heterocycles. The molecule has 0 fully saturated rings. The van der Waals surface area contributed by atoms with Crippen molar-refractivity contribution in [2.75, 3.05) is 0 Å². The summed E-state index contributed by atoms with van der Waals surface area (Å²) in [6, 6.07) is 53.0. The minimum atomic E-state index is -0.141. The molecular weight excluding hydrogens is 611 g/mol. The molecule has 2 heterocycles. The van der Waals surface area contributed by atoms with Crippen molar-refractivity contribution in [3.63, 3.8) is 0 Å². The molecule has 9 aromatic rings. The van der Waals surface area contributed by atoms with Crippen LogP contribution in [0.1, 0.15) is 25.0 Å². The van der Waals surface area contributed by atoms with Gasteiger partial charge in [0.15, 0.2) is 17.5 Å². The maximum Gasteiger partial charge on any atom is 0.164 e. The van der Waals surface area contributed by atoms with Crippen LogP contribution in [0.25, 0.3) is 89.1 Å². The van der Waals surface area contributed by atoms with E-state index in [0.717, 1.165) is 60.5 Å². The molecule has 0 aliphatic heterocycles. The Morgan fingerprint density at radius 2 is 1.04 bits per heavy atom. The molecule has 0 N–H and O–H groups in total. The fourth-order valence-corrected chi connectivity index (χ4v) is 7.87. The Balaban J connectivity index is 1.26. The summed E-state index contributed by atoms with van der Waals surface area (Å²) in [6.07, 6.45) is 0. The third-order valence-electron chi connectivity index (χ3n) is 10.3. The van der Waals surface area contributed by atoms with Crippen molar-refractivity contribution in [1.82, 2.24) is 15.0 Å². The first-order valence-corrected chi connectivity index (χ1v) is 17.0. The number of benzene rings is 7. The Labute approximate surface area is 289 Å². The van der Waals surface area contributed by atoms with Gasteiger partial charge in [-0.05, 0) is 57.0 Å². The average molecular weight is 642 g/mol. The molecule has 4 nitrogen and oxygen atoms in total. The summed E-state index contributed by atoms with van der Waals surface area (Å²) in [4.78, 5) is 15.6. The largest absolute Gasteiger partial charge is 0.455 e. The minimum Gasteiger partial charge on any atom is -0.455 e. The second-order valence-corrected chi connectivity index (χ2v) is 13.6. The molecule has 4 heteroatoms. The predicted octanol–water partition coefficient (Wildman–Crippen LogP) is 11.9. The minimum absolute atomic E-state index is 0.141. The second kappa shape index (κ2) is 10.8. The number of hydrogen-bond donors (Lipinski definition) is 0. The summed E-state index contributed by atoms with van der Waals surface area (Å²) in [5.41, 5.74) is 11.8. The lowest BCUT2D eigenvalue weighted by Gasteiger charge is -2.21. The number of para-hydroxylation sites is 1. The zero-order valence-electron chi connectivity index (χ0n) is 27.7. The Morgan fingerprint density at radius 1 is 0.420 bits per heavy atom. The van der Waals surface area contributed by atoms with Crippen molar-refractivity contribution in [2.24, 2.45) is 0 Å². The lowest BCUT2D eigenvalue weighted by molar-refractivity contribution is 0.660. The van der Waals surface area contributed by atoms with Gasteiger partial charge in [-0.1, -0.05) is 147 Å². The van der Waals surface area contributed by atoms with E-state index in [1.54, 1.807) is 0 Å². The van der Waals surface area contributed by atoms with Crippen LogP contribution in [-0.2, 0) is 5.41 Å². The average Bonchev–Trinajstić information content (AvgIpc) is 3.66. The van der Waals surface area contributed by atoms with E-state index in [4.69, 9.17) is 19.4 Å². The molecule has 0 amide bonds. The number of fused-ring (bicyclic) bond motifs is 8. The first-order valence-electron chi connectivity index (χ1n) is 17.0. The SMILES string of the molecule is CC1(C)c2ccccc2-c2ccc(-c3nc(-c4ccccc4)nc(-c4cc5c6ccccc6oc5c5c(-c6ccccc6)cccc45)n3)cc21. The molecule has 0 unspecified atom stereocenters. The van der Waals surface area contributed by atoms with Crippen LogP contribution in [-0.4, -0.2) is 15.0 Å².